The summed E-state index contributed by atoms with van der Waals surface area (Å²) in [7, 11) is 0. The van der Waals surface area contributed by atoms with Gasteiger partial charge in [-0.15, -0.1) is 21.5 Å². The highest BCUT2D eigenvalue weighted by atomic mass is 35.5. The summed E-state index contributed by atoms with van der Waals surface area (Å²) in [5.41, 5.74) is 0. The maximum absolute atomic E-state index is 6.05. The van der Waals surface area contributed by atoms with Gasteiger partial charge in [-0.1, -0.05) is 35.9 Å². The third kappa shape index (κ3) is 2.55. The minimum atomic E-state index is 0.438. The molecule has 0 aliphatic carbocycles. The zero-order valence-electron chi connectivity index (χ0n) is 10.4. The Hall–Kier alpha value is -1.65. The molecule has 0 fully saturated rings. The number of halogens is 1. The zero-order chi connectivity index (χ0) is 13.2. The highest BCUT2D eigenvalue weighted by Gasteiger charge is 2.07. The predicted octanol–water partition coefficient (Wildman–Crippen LogP) is 4.27. The van der Waals surface area contributed by atoms with Crippen molar-refractivity contribution in [2.45, 2.75) is 13.5 Å². The highest BCUT2D eigenvalue weighted by Crippen LogP contribution is 2.26. The van der Waals surface area contributed by atoms with Crippen LogP contribution < -0.4 is 5.32 Å². The van der Waals surface area contributed by atoms with Gasteiger partial charge in [0.05, 0.1) is 6.54 Å². The molecular formula is C14H12ClN3S. The van der Waals surface area contributed by atoms with E-state index in [-0.39, 0.29) is 0 Å². The van der Waals surface area contributed by atoms with E-state index in [1.165, 1.54) is 9.75 Å². The smallest absolute Gasteiger partial charge is 0.159 e. The average molecular weight is 290 g/mol. The average Bonchev–Trinajstić information content (AvgIpc) is 2.84. The van der Waals surface area contributed by atoms with E-state index in [1.54, 1.807) is 11.3 Å². The van der Waals surface area contributed by atoms with Crippen molar-refractivity contribution in [2.24, 2.45) is 0 Å². The molecule has 0 unspecified atom stereocenters. The second-order valence-corrected chi connectivity index (χ2v) is 5.98. The molecule has 0 bridgehead atoms. The van der Waals surface area contributed by atoms with Gasteiger partial charge in [-0.25, -0.2) is 0 Å². The van der Waals surface area contributed by atoms with Gasteiger partial charge in [-0.05, 0) is 19.1 Å². The van der Waals surface area contributed by atoms with Crippen LogP contribution in [-0.2, 0) is 6.54 Å². The molecule has 3 rings (SSSR count). The number of thiophene rings is 1. The Balaban J connectivity index is 1.91. The second kappa shape index (κ2) is 5.15. The van der Waals surface area contributed by atoms with Gasteiger partial charge < -0.3 is 5.32 Å². The molecule has 0 saturated heterocycles. The largest absolute Gasteiger partial charge is 0.363 e. The van der Waals surface area contributed by atoms with Gasteiger partial charge in [-0.2, -0.15) is 0 Å². The van der Waals surface area contributed by atoms with Crippen LogP contribution in [0.5, 0.6) is 0 Å². The van der Waals surface area contributed by atoms with Gasteiger partial charge >= 0.3 is 0 Å². The molecule has 2 aromatic heterocycles. The Morgan fingerprint density at radius 1 is 1.11 bits per heavy atom. The SMILES string of the molecule is Cc1ccc(CNc2nnc(Cl)c3ccccc23)s1. The van der Waals surface area contributed by atoms with Gasteiger partial charge in [0.1, 0.15) is 0 Å². The van der Waals surface area contributed by atoms with Crippen molar-refractivity contribution in [3.05, 3.63) is 51.3 Å². The van der Waals surface area contributed by atoms with Crippen LogP contribution in [0.15, 0.2) is 36.4 Å². The van der Waals surface area contributed by atoms with Crippen LogP contribution in [0.3, 0.4) is 0 Å². The minimum Gasteiger partial charge on any atom is -0.363 e. The van der Waals surface area contributed by atoms with Gasteiger partial charge in [0, 0.05) is 20.5 Å². The lowest BCUT2D eigenvalue weighted by atomic mass is 10.2. The van der Waals surface area contributed by atoms with Gasteiger partial charge in [0.2, 0.25) is 0 Å². The Bertz CT molecular complexity index is 724. The van der Waals surface area contributed by atoms with Crippen molar-refractivity contribution in [3.8, 4) is 0 Å². The summed E-state index contributed by atoms with van der Waals surface area (Å²) in [5, 5.41) is 13.8. The molecule has 96 valence electrons. The highest BCUT2D eigenvalue weighted by molar-refractivity contribution is 7.11. The van der Waals surface area contributed by atoms with Crippen molar-refractivity contribution in [1.29, 1.82) is 0 Å². The van der Waals surface area contributed by atoms with E-state index in [0.717, 1.165) is 23.1 Å². The molecule has 19 heavy (non-hydrogen) atoms. The monoisotopic (exact) mass is 289 g/mol. The van der Waals surface area contributed by atoms with Crippen LogP contribution in [0.4, 0.5) is 5.82 Å². The van der Waals surface area contributed by atoms with Gasteiger partial charge in [0.25, 0.3) is 0 Å². The maximum atomic E-state index is 6.05. The van der Waals surface area contributed by atoms with Crippen LogP contribution in [0.2, 0.25) is 5.15 Å². The summed E-state index contributed by atoms with van der Waals surface area (Å²) in [6, 6.07) is 12.1. The lowest BCUT2D eigenvalue weighted by Crippen LogP contribution is -2.02. The molecule has 3 nitrogen and oxygen atoms in total. The minimum absolute atomic E-state index is 0.438. The number of fused-ring (bicyclic) bond motifs is 1. The summed E-state index contributed by atoms with van der Waals surface area (Å²) < 4.78 is 0. The first-order valence-corrected chi connectivity index (χ1v) is 7.13. The molecule has 0 saturated carbocycles. The molecule has 2 heterocycles. The molecular weight excluding hydrogens is 278 g/mol. The summed E-state index contributed by atoms with van der Waals surface area (Å²) in [6.07, 6.45) is 0. The van der Waals surface area contributed by atoms with E-state index in [1.807, 2.05) is 24.3 Å². The molecule has 0 radical (unpaired) electrons. The van der Waals surface area contributed by atoms with E-state index in [2.05, 4.69) is 34.6 Å². The van der Waals surface area contributed by atoms with E-state index in [4.69, 9.17) is 11.6 Å². The fourth-order valence-electron chi connectivity index (χ4n) is 1.95. The van der Waals surface area contributed by atoms with Crippen LogP contribution in [0, 0.1) is 6.92 Å². The van der Waals surface area contributed by atoms with Gasteiger partial charge in [-0.3, -0.25) is 0 Å². The molecule has 0 aliphatic heterocycles. The van der Waals surface area contributed by atoms with Crippen LogP contribution >= 0.6 is 22.9 Å². The molecule has 1 N–H and O–H groups in total. The van der Waals surface area contributed by atoms with Crippen LogP contribution in [0.25, 0.3) is 10.8 Å². The van der Waals surface area contributed by atoms with E-state index in [0.29, 0.717) is 5.15 Å². The normalized spacial score (nSPS) is 10.8. The fraction of sp³-hybridized carbons (Fsp3) is 0.143. The molecule has 0 amide bonds. The van der Waals surface area contributed by atoms with Crippen molar-refractivity contribution >= 4 is 39.5 Å². The van der Waals surface area contributed by atoms with Crippen molar-refractivity contribution in [2.75, 3.05) is 5.32 Å². The van der Waals surface area contributed by atoms with Crippen molar-refractivity contribution in [1.82, 2.24) is 10.2 Å². The number of nitrogens with one attached hydrogen (secondary N) is 1. The Morgan fingerprint density at radius 3 is 2.63 bits per heavy atom. The molecule has 0 spiro atoms. The lowest BCUT2D eigenvalue weighted by molar-refractivity contribution is 1.02. The number of rotatable bonds is 3. The summed E-state index contributed by atoms with van der Waals surface area (Å²) in [4.78, 5) is 2.59. The number of anilines is 1. The number of hydrogen-bond donors (Lipinski definition) is 1. The maximum Gasteiger partial charge on any atom is 0.159 e. The summed E-state index contributed by atoms with van der Waals surface area (Å²) >= 11 is 7.83. The third-order valence-electron chi connectivity index (χ3n) is 2.87. The topological polar surface area (TPSA) is 37.8 Å². The Morgan fingerprint density at radius 2 is 1.89 bits per heavy atom. The van der Waals surface area contributed by atoms with Crippen molar-refractivity contribution in [3.63, 3.8) is 0 Å². The molecule has 3 aromatic rings. The lowest BCUT2D eigenvalue weighted by Gasteiger charge is -2.07. The summed E-state index contributed by atoms with van der Waals surface area (Å²) in [6.45, 7) is 2.85. The van der Waals surface area contributed by atoms with E-state index >= 15 is 0 Å². The number of aromatic nitrogens is 2. The number of benzene rings is 1. The van der Waals surface area contributed by atoms with E-state index < -0.39 is 0 Å². The van der Waals surface area contributed by atoms with E-state index in [9.17, 15) is 0 Å². The van der Waals surface area contributed by atoms with Crippen LogP contribution in [0.1, 0.15) is 9.75 Å². The van der Waals surface area contributed by atoms with Gasteiger partial charge in [0.15, 0.2) is 11.0 Å². The quantitative estimate of drug-likeness (QED) is 0.782. The first-order valence-electron chi connectivity index (χ1n) is 5.94. The van der Waals surface area contributed by atoms with Crippen molar-refractivity contribution < 1.29 is 0 Å². The number of hydrogen-bond acceptors (Lipinski definition) is 4. The molecule has 5 heteroatoms. The third-order valence-corrected chi connectivity index (χ3v) is 4.15. The number of nitrogens with zero attached hydrogens (tertiary/aromatic N) is 2. The molecule has 0 atom stereocenters. The molecule has 0 aliphatic rings. The first-order chi connectivity index (χ1) is 9.24. The Kier molecular flexibility index (Phi) is 3.36. The Labute approximate surface area is 120 Å². The number of aryl methyl sites for hydroxylation is 1. The fourth-order valence-corrected chi connectivity index (χ4v) is 2.99. The summed E-state index contributed by atoms with van der Waals surface area (Å²) in [5.74, 6) is 0.769. The zero-order valence-corrected chi connectivity index (χ0v) is 11.9. The molecule has 1 aromatic carbocycles. The second-order valence-electron chi connectivity index (χ2n) is 4.25. The first kappa shape index (κ1) is 12.4. The predicted molar refractivity (Wildman–Crippen MR) is 80.9 cm³/mol. The van der Waals surface area contributed by atoms with Crippen LogP contribution in [-0.4, -0.2) is 10.2 Å². The standard InChI is InChI=1S/C14H12ClN3S/c1-9-6-7-10(19-9)8-16-14-12-5-3-2-4-11(12)13(15)17-18-14/h2-7H,8H2,1H3,(H,16,18).